The molecule has 0 amide bonds. The maximum Gasteiger partial charge on any atom is 0.0699 e. The van der Waals surface area contributed by atoms with Crippen LogP contribution < -0.4 is 11.1 Å². The van der Waals surface area contributed by atoms with Gasteiger partial charge in [0.05, 0.1) is 7.85 Å². The van der Waals surface area contributed by atoms with E-state index in [0.29, 0.717) is 23.9 Å². The molecule has 3 unspecified atom stereocenters. The summed E-state index contributed by atoms with van der Waals surface area (Å²) in [6, 6.07) is 1.61. The lowest BCUT2D eigenvalue weighted by molar-refractivity contribution is 0.374. The molecule has 0 saturated heterocycles. The predicted octanol–water partition coefficient (Wildman–Crippen LogP) is 3.16. The van der Waals surface area contributed by atoms with E-state index in [0.717, 1.165) is 19.3 Å². The van der Waals surface area contributed by atoms with Crippen LogP contribution in [0.2, 0.25) is 5.82 Å². The maximum absolute atomic E-state index is 6.18. The fourth-order valence-electron chi connectivity index (χ4n) is 2.93. The molecule has 1 aliphatic carbocycles. The minimum Gasteiger partial charge on any atom is -0.328 e. The number of hydrogen-bond acceptors (Lipinski definition) is 2. The fourth-order valence-corrected chi connectivity index (χ4v) is 2.93. The van der Waals surface area contributed by atoms with Crippen molar-refractivity contribution < 1.29 is 0 Å². The van der Waals surface area contributed by atoms with Crippen LogP contribution in [-0.2, 0) is 0 Å². The molecule has 3 N–H and O–H groups in total. The van der Waals surface area contributed by atoms with Gasteiger partial charge in [0.15, 0.2) is 0 Å². The average molecular weight is 250 g/mol. The van der Waals surface area contributed by atoms with Gasteiger partial charge in [0.2, 0.25) is 0 Å². The third kappa shape index (κ3) is 7.43. The highest BCUT2D eigenvalue weighted by Gasteiger charge is 2.14. The standard InChI is InChI=1S/C15H31BN2/c1-12(2)18-15-9-4-3-7-14(17)8-5-6-13(16)10-11-15/h12-15,18H,3-11,17H2,1-2H3. The molecule has 1 saturated carbocycles. The molecule has 0 bridgehead atoms. The summed E-state index contributed by atoms with van der Waals surface area (Å²) in [6.07, 6.45) is 10.9. The molecule has 0 aliphatic heterocycles. The van der Waals surface area contributed by atoms with Gasteiger partial charge in [0, 0.05) is 18.1 Å². The third-order valence-electron chi connectivity index (χ3n) is 3.98. The van der Waals surface area contributed by atoms with Crippen LogP contribution in [0.3, 0.4) is 0 Å². The molecule has 1 rings (SSSR count). The van der Waals surface area contributed by atoms with Crippen molar-refractivity contribution in [1.82, 2.24) is 5.32 Å². The van der Waals surface area contributed by atoms with E-state index in [4.69, 9.17) is 13.6 Å². The Kier molecular flexibility index (Phi) is 8.00. The van der Waals surface area contributed by atoms with Crippen molar-refractivity contribution in [2.75, 3.05) is 0 Å². The second kappa shape index (κ2) is 8.98. The zero-order valence-corrected chi connectivity index (χ0v) is 12.3. The third-order valence-corrected chi connectivity index (χ3v) is 3.98. The average Bonchev–Trinajstić information content (AvgIpc) is 2.29. The molecular formula is C15H31BN2. The second-order valence-corrected chi connectivity index (χ2v) is 6.33. The molecule has 3 heteroatoms. The van der Waals surface area contributed by atoms with Gasteiger partial charge in [-0.2, -0.15) is 0 Å². The van der Waals surface area contributed by atoms with Crippen LogP contribution in [-0.4, -0.2) is 26.0 Å². The summed E-state index contributed by atoms with van der Waals surface area (Å²) in [7, 11) is 6.18. The van der Waals surface area contributed by atoms with Crippen molar-refractivity contribution in [3.63, 3.8) is 0 Å². The largest absolute Gasteiger partial charge is 0.328 e. The van der Waals surface area contributed by atoms with Crippen LogP contribution in [0.25, 0.3) is 0 Å². The summed E-state index contributed by atoms with van der Waals surface area (Å²) in [5, 5.41) is 3.68. The highest BCUT2D eigenvalue weighted by Crippen LogP contribution is 2.22. The van der Waals surface area contributed by atoms with Gasteiger partial charge in [0.25, 0.3) is 0 Å². The molecule has 18 heavy (non-hydrogen) atoms. The monoisotopic (exact) mass is 250 g/mol. The van der Waals surface area contributed by atoms with Gasteiger partial charge in [-0.05, 0) is 25.7 Å². The zero-order chi connectivity index (χ0) is 13.4. The first-order chi connectivity index (χ1) is 8.58. The summed E-state index contributed by atoms with van der Waals surface area (Å²) < 4.78 is 0. The minimum atomic E-state index is 0.369. The predicted molar refractivity (Wildman–Crippen MR) is 81.1 cm³/mol. The summed E-state index contributed by atoms with van der Waals surface area (Å²) in [4.78, 5) is 0. The van der Waals surface area contributed by atoms with Crippen molar-refractivity contribution >= 4 is 7.85 Å². The zero-order valence-electron chi connectivity index (χ0n) is 12.3. The Morgan fingerprint density at radius 3 is 2.33 bits per heavy atom. The second-order valence-electron chi connectivity index (χ2n) is 6.33. The Morgan fingerprint density at radius 1 is 0.944 bits per heavy atom. The summed E-state index contributed by atoms with van der Waals surface area (Å²) in [6.45, 7) is 4.46. The number of nitrogens with two attached hydrogens (primary N) is 1. The lowest BCUT2D eigenvalue weighted by Crippen LogP contribution is -2.35. The quantitative estimate of drug-likeness (QED) is 0.739. The van der Waals surface area contributed by atoms with E-state index in [1.54, 1.807) is 0 Å². The lowest BCUT2D eigenvalue weighted by atomic mass is 9.77. The first-order valence-corrected chi connectivity index (χ1v) is 7.85. The molecule has 2 nitrogen and oxygen atoms in total. The molecule has 0 aromatic carbocycles. The molecule has 3 atom stereocenters. The minimum absolute atomic E-state index is 0.369. The fraction of sp³-hybridized carbons (Fsp3) is 1.00. The van der Waals surface area contributed by atoms with Gasteiger partial charge in [-0.15, -0.1) is 0 Å². The van der Waals surface area contributed by atoms with E-state index in [-0.39, 0.29) is 0 Å². The Morgan fingerprint density at radius 2 is 1.61 bits per heavy atom. The van der Waals surface area contributed by atoms with E-state index in [2.05, 4.69) is 19.2 Å². The number of rotatable bonds is 2. The van der Waals surface area contributed by atoms with Crippen molar-refractivity contribution in [3.05, 3.63) is 0 Å². The van der Waals surface area contributed by atoms with Crippen molar-refractivity contribution in [1.29, 1.82) is 0 Å². The molecule has 0 heterocycles. The SMILES string of the molecule is [B]C1CCCC(N)CCCCC(NC(C)C)CC1. The van der Waals surface area contributed by atoms with Gasteiger partial charge < -0.3 is 11.1 Å². The molecule has 0 aromatic heterocycles. The van der Waals surface area contributed by atoms with E-state index in [1.807, 2.05) is 0 Å². The van der Waals surface area contributed by atoms with E-state index >= 15 is 0 Å². The molecule has 1 aliphatic rings. The molecule has 0 spiro atoms. The van der Waals surface area contributed by atoms with Crippen molar-refractivity contribution in [2.24, 2.45) is 5.73 Å². The summed E-state index contributed by atoms with van der Waals surface area (Å²) in [5.74, 6) is 0.369. The van der Waals surface area contributed by atoms with Crippen LogP contribution in [0.1, 0.15) is 71.6 Å². The van der Waals surface area contributed by atoms with E-state index < -0.39 is 0 Å². The van der Waals surface area contributed by atoms with Gasteiger partial charge in [0.1, 0.15) is 0 Å². The van der Waals surface area contributed by atoms with Gasteiger partial charge in [-0.25, -0.2) is 0 Å². The Balaban J connectivity index is 2.41. The van der Waals surface area contributed by atoms with Gasteiger partial charge >= 0.3 is 0 Å². The topological polar surface area (TPSA) is 38.0 Å². The van der Waals surface area contributed by atoms with E-state index in [1.165, 1.54) is 38.5 Å². The van der Waals surface area contributed by atoms with Crippen molar-refractivity contribution in [2.45, 2.75) is 95.6 Å². The Labute approximate surface area is 115 Å². The smallest absolute Gasteiger partial charge is 0.0699 e. The highest BCUT2D eigenvalue weighted by molar-refractivity contribution is 6.11. The van der Waals surface area contributed by atoms with Gasteiger partial charge in [-0.3, -0.25) is 0 Å². The molecule has 0 aromatic rings. The van der Waals surface area contributed by atoms with Crippen LogP contribution in [0.4, 0.5) is 0 Å². The molecule has 104 valence electrons. The Hall–Kier alpha value is -0.0151. The highest BCUT2D eigenvalue weighted by atomic mass is 14.9. The first-order valence-electron chi connectivity index (χ1n) is 7.85. The molecule has 2 radical (unpaired) electrons. The van der Waals surface area contributed by atoms with Crippen LogP contribution in [0.5, 0.6) is 0 Å². The Bertz CT molecular complexity index is 209. The first kappa shape index (κ1) is 16.0. The molecular weight excluding hydrogens is 219 g/mol. The van der Waals surface area contributed by atoms with Gasteiger partial charge in [-0.1, -0.05) is 51.8 Å². The van der Waals surface area contributed by atoms with Crippen molar-refractivity contribution in [3.8, 4) is 0 Å². The lowest BCUT2D eigenvalue weighted by Gasteiger charge is -2.24. The van der Waals surface area contributed by atoms with Crippen LogP contribution in [0, 0.1) is 0 Å². The summed E-state index contributed by atoms with van der Waals surface area (Å²) >= 11 is 0. The number of nitrogens with one attached hydrogen (secondary N) is 1. The molecule has 1 fully saturated rings. The van der Waals surface area contributed by atoms with Crippen LogP contribution >= 0.6 is 0 Å². The van der Waals surface area contributed by atoms with E-state index in [9.17, 15) is 0 Å². The normalized spacial score (nSPS) is 32.8. The summed E-state index contributed by atoms with van der Waals surface area (Å²) in [5.41, 5.74) is 6.12. The van der Waals surface area contributed by atoms with Crippen LogP contribution in [0.15, 0.2) is 0 Å². The number of hydrogen-bond donors (Lipinski definition) is 2. The maximum atomic E-state index is 6.18.